The summed E-state index contributed by atoms with van der Waals surface area (Å²) in [5, 5.41) is 20.6. The molecule has 0 spiro atoms. The Labute approximate surface area is 147 Å². The third-order valence-electron chi connectivity index (χ3n) is 4.32. The van der Waals surface area contributed by atoms with Crippen molar-refractivity contribution in [3.8, 4) is 6.07 Å². The fourth-order valence-electron chi connectivity index (χ4n) is 2.81. The summed E-state index contributed by atoms with van der Waals surface area (Å²) in [7, 11) is -3.20. The molecule has 1 N–H and O–H groups in total. The Morgan fingerprint density at radius 1 is 1.32 bits per heavy atom. The zero-order valence-corrected chi connectivity index (χ0v) is 15.0. The van der Waals surface area contributed by atoms with Gasteiger partial charge in [-0.25, -0.2) is 8.42 Å². The van der Waals surface area contributed by atoms with Gasteiger partial charge >= 0.3 is 0 Å². The number of hydrogen-bond acceptors (Lipinski definition) is 6. The Kier molecular flexibility index (Phi) is 4.59. The van der Waals surface area contributed by atoms with E-state index in [1.54, 1.807) is 6.07 Å². The van der Waals surface area contributed by atoms with Crippen LogP contribution in [0.25, 0.3) is 0 Å². The first-order valence-corrected chi connectivity index (χ1v) is 9.60. The minimum atomic E-state index is -3.20. The van der Waals surface area contributed by atoms with Gasteiger partial charge in [-0.3, -0.25) is 4.31 Å². The molecule has 3 rings (SSSR count). The molecule has 0 amide bonds. The predicted octanol–water partition coefficient (Wildman–Crippen LogP) is 2.12. The van der Waals surface area contributed by atoms with E-state index in [9.17, 15) is 13.7 Å². The number of nitriles is 1. The second-order valence-electron chi connectivity index (χ2n) is 6.01. The Morgan fingerprint density at radius 3 is 2.80 bits per heavy atom. The van der Waals surface area contributed by atoms with Crippen molar-refractivity contribution in [2.24, 2.45) is 0 Å². The molecule has 1 aromatic carbocycles. The van der Waals surface area contributed by atoms with Crippen molar-refractivity contribution < 1.29 is 8.42 Å². The molecule has 25 heavy (non-hydrogen) atoms. The van der Waals surface area contributed by atoms with E-state index < -0.39 is 10.0 Å². The molecular weight excluding hydrogens is 338 g/mol. The quantitative estimate of drug-likeness (QED) is 0.900. The van der Waals surface area contributed by atoms with Gasteiger partial charge < -0.3 is 5.32 Å². The molecule has 2 heterocycles. The van der Waals surface area contributed by atoms with E-state index in [0.717, 1.165) is 16.8 Å². The summed E-state index contributed by atoms with van der Waals surface area (Å²) in [6.07, 6.45) is 0.647. The van der Waals surface area contributed by atoms with Crippen molar-refractivity contribution in [2.45, 2.75) is 26.8 Å². The molecule has 1 saturated heterocycles. The Bertz CT molecular complexity index is 950. The summed E-state index contributed by atoms with van der Waals surface area (Å²) in [5.41, 5.74) is 3.58. The summed E-state index contributed by atoms with van der Waals surface area (Å²) in [6, 6.07) is 9.53. The van der Waals surface area contributed by atoms with Crippen molar-refractivity contribution in [1.82, 2.24) is 10.2 Å². The van der Waals surface area contributed by atoms with Crippen LogP contribution in [0.3, 0.4) is 0 Å². The van der Waals surface area contributed by atoms with Gasteiger partial charge in [-0.2, -0.15) is 10.4 Å². The fourth-order valence-corrected chi connectivity index (χ4v) is 4.36. The topological polar surface area (TPSA) is 99.0 Å². The maximum atomic E-state index is 12.1. The molecule has 0 unspecified atom stereocenters. The maximum Gasteiger partial charge on any atom is 0.235 e. The number of nitrogens with zero attached hydrogens (tertiary/aromatic N) is 4. The van der Waals surface area contributed by atoms with Crippen LogP contribution < -0.4 is 9.62 Å². The minimum Gasteiger partial charge on any atom is -0.363 e. The van der Waals surface area contributed by atoms with Crippen LogP contribution in [0, 0.1) is 25.2 Å². The van der Waals surface area contributed by atoms with E-state index in [2.05, 4.69) is 21.6 Å². The van der Waals surface area contributed by atoms with Crippen molar-refractivity contribution in [2.75, 3.05) is 21.9 Å². The molecule has 7 nitrogen and oxygen atoms in total. The summed E-state index contributed by atoms with van der Waals surface area (Å²) in [6.45, 7) is 4.59. The molecule has 1 fully saturated rings. The van der Waals surface area contributed by atoms with E-state index in [1.807, 2.05) is 32.0 Å². The Hall–Kier alpha value is -2.66. The molecule has 0 atom stereocenters. The van der Waals surface area contributed by atoms with Crippen molar-refractivity contribution in [1.29, 1.82) is 5.26 Å². The van der Waals surface area contributed by atoms with Crippen molar-refractivity contribution >= 4 is 21.5 Å². The lowest BCUT2D eigenvalue weighted by atomic mass is 10.1. The maximum absolute atomic E-state index is 12.1. The summed E-state index contributed by atoms with van der Waals surface area (Å²) in [5.74, 6) is 0.629. The second kappa shape index (κ2) is 6.69. The third-order valence-corrected chi connectivity index (χ3v) is 6.19. The molecular formula is C17H19N5O2S. The average Bonchev–Trinajstić information content (AvgIpc) is 2.95. The second-order valence-corrected chi connectivity index (χ2v) is 8.02. The predicted molar refractivity (Wildman–Crippen MR) is 95.7 cm³/mol. The largest absolute Gasteiger partial charge is 0.363 e. The first-order valence-electron chi connectivity index (χ1n) is 7.99. The van der Waals surface area contributed by atoms with E-state index in [4.69, 9.17) is 0 Å². The van der Waals surface area contributed by atoms with Crippen LogP contribution in [-0.2, 0) is 16.6 Å². The number of hydrogen-bond donors (Lipinski definition) is 1. The minimum absolute atomic E-state index is 0.194. The zero-order valence-electron chi connectivity index (χ0n) is 14.2. The molecule has 130 valence electrons. The van der Waals surface area contributed by atoms with Gasteiger partial charge in [0.25, 0.3) is 0 Å². The highest BCUT2D eigenvalue weighted by Gasteiger charge is 2.28. The smallest absolute Gasteiger partial charge is 0.235 e. The highest BCUT2D eigenvalue weighted by molar-refractivity contribution is 7.93. The number of aromatic nitrogens is 2. The number of nitrogens with one attached hydrogen (secondary N) is 1. The van der Waals surface area contributed by atoms with Gasteiger partial charge in [0.2, 0.25) is 10.0 Å². The van der Waals surface area contributed by atoms with Crippen LogP contribution in [0.15, 0.2) is 24.3 Å². The number of anilines is 2. The van der Waals surface area contributed by atoms with Gasteiger partial charge in [-0.1, -0.05) is 12.1 Å². The summed E-state index contributed by atoms with van der Waals surface area (Å²) >= 11 is 0. The van der Waals surface area contributed by atoms with Gasteiger partial charge in [0, 0.05) is 13.1 Å². The van der Waals surface area contributed by atoms with Crippen LogP contribution in [0.5, 0.6) is 0 Å². The average molecular weight is 357 g/mol. The van der Waals surface area contributed by atoms with Gasteiger partial charge in [0.1, 0.15) is 11.6 Å². The summed E-state index contributed by atoms with van der Waals surface area (Å²) < 4.78 is 25.6. The molecule has 2 aromatic rings. The van der Waals surface area contributed by atoms with Gasteiger partial charge in [-0.15, -0.1) is 5.10 Å². The van der Waals surface area contributed by atoms with E-state index in [-0.39, 0.29) is 5.75 Å². The lowest BCUT2D eigenvalue weighted by Crippen LogP contribution is -2.25. The third kappa shape index (κ3) is 3.42. The normalized spacial score (nSPS) is 15.8. The highest BCUT2D eigenvalue weighted by Crippen LogP contribution is 2.25. The van der Waals surface area contributed by atoms with E-state index in [0.29, 0.717) is 36.6 Å². The molecule has 1 aliphatic heterocycles. The Balaban J connectivity index is 1.81. The van der Waals surface area contributed by atoms with Gasteiger partial charge in [0.15, 0.2) is 5.82 Å². The standard InChI is InChI=1S/C17H19N5O2S/c1-12-13(2)20-21-17(16(12)10-18)19-11-14-5-3-6-15(9-14)22-7-4-8-25(22,23)24/h3,5-6,9H,4,7-8,11H2,1-2H3,(H,19,21). The molecule has 0 saturated carbocycles. The SMILES string of the molecule is Cc1nnc(NCc2cccc(N3CCCS3(=O)=O)c2)c(C#N)c1C. The van der Waals surface area contributed by atoms with E-state index in [1.165, 1.54) is 4.31 Å². The van der Waals surface area contributed by atoms with Crippen molar-refractivity contribution in [3.63, 3.8) is 0 Å². The molecule has 1 aliphatic rings. The first-order chi connectivity index (χ1) is 11.9. The zero-order chi connectivity index (χ0) is 18.0. The van der Waals surface area contributed by atoms with Gasteiger partial charge in [0.05, 0.1) is 17.1 Å². The van der Waals surface area contributed by atoms with Crippen LogP contribution in [0.4, 0.5) is 11.5 Å². The Morgan fingerprint density at radius 2 is 2.12 bits per heavy atom. The van der Waals surface area contributed by atoms with Crippen molar-refractivity contribution in [3.05, 3.63) is 46.6 Å². The van der Waals surface area contributed by atoms with Crippen LogP contribution in [0.1, 0.15) is 28.8 Å². The monoisotopic (exact) mass is 357 g/mol. The number of aryl methyl sites for hydroxylation is 1. The molecule has 0 aliphatic carbocycles. The number of rotatable bonds is 4. The number of sulfonamides is 1. The summed E-state index contributed by atoms with van der Waals surface area (Å²) in [4.78, 5) is 0. The lowest BCUT2D eigenvalue weighted by Gasteiger charge is -2.18. The lowest BCUT2D eigenvalue weighted by molar-refractivity contribution is 0.599. The van der Waals surface area contributed by atoms with Crippen LogP contribution in [-0.4, -0.2) is 30.9 Å². The molecule has 8 heteroatoms. The molecule has 0 bridgehead atoms. The van der Waals surface area contributed by atoms with Crippen LogP contribution >= 0.6 is 0 Å². The number of benzene rings is 1. The fraction of sp³-hybridized carbons (Fsp3) is 0.353. The highest BCUT2D eigenvalue weighted by atomic mass is 32.2. The van der Waals surface area contributed by atoms with E-state index >= 15 is 0 Å². The first kappa shape index (κ1) is 17.2. The van der Waals surface area contributed by atoms with Crippen LogP contribution in [0.2, 0.25) is 0 Å². The van der Waals surface area contributed by atoms with Gasteiger partial charge in [-0.05, 0) is 43.5 Å². The molecule has 1 aromatic heterocycles. The molecule has 0 radical (unpaired) electrons.